The van der Waals surface area contributed by atoms with Gasteiger partial charge in [0.25, 0.3) is 0 Å². The van der Waals surface area contributed by atoms with Gasteiger partial charge in [0.1, 0.15) is 5.75 Å². The summed E-state index contributed by atoms with van der Waals surface area (Å²) in [4.78, 5) is 0. The van der Waals surface area contributed by atoms with Gasteiger partial charge >= 0.3 is 0 Å². The van der Waals surface area contributed by atoms with Crippen molar-refractivity contribution in [3.63, 3.8) is 0 Å². The van der Waals surface area contributed by atoms with Crippen molar-refractivity contribution < 1.29 is 4.74 Å². The Morgan fingerprint density at radius 1 is 1.25 bits per heavy atom. The zero-order valence-electron chi connectivity index (χ0n) is 10.0. The average molecular weight is 217 g/mol. The van der Waals surface area contributed by atoms with Crippen LogP contribution < -0.4 is 10.1 Å². The number of ether oxygens (including phenoxy) is 1. The van der Waals surface area contributed by atoms with Gasteiger partial charge in [-0.15, -0.1) is 11.8 Å². The molecule has 0 aromatic heterocycles. The molecule has 1 N–H and O–H groups in total. The summed E-state index contributed by atoms with van der Waals surface area (Å²) in [5.41, 5.74) is 1.11. The highest BCUT2D eigenvalue weighted by molar-refractivity contribution is 5.46. The zero-order valence-corrected chi connectivity index (χ0v) is 10.0. The second kappa shape index (κ2) is 7.64. The van der Waals surface area contributed by atoms with E-state index in [0.717, 1.165) is 37.4 Å². The monoisotopic (exact) mass is 217 g/mol. The van der Waals surface area contributed by atoms with E-state index in [1.165, 1.54) is 0 Å². The van der Waals surface area contributed by atoms with E-state index < -0.39 is 0 Å². The van der Waals surface area contributed by atoms with Crippen LogP contribution in [0.15, 0.2) is 24.3 Å². The number of nitrogens with one attached hydrogen (secondary N) is 1. The molecule has 1 rings (SSSR count). The summed E-state index contributed by atoms with van der Waals surface area (Å²) >= 11 is 0. The molecule has 16 heavy (non-hydrogen) atoms. The minimum absolute atomic E-state index is 0.777. The predicted octanol–water partition coefficient (Wildman–Crippen LogP) is 3.30. The van der Waals surface area contributed by atoms with Gasteiger partial charge in [-0.2, -0.15) is 0 Å². The molecular weight excluding hydrogens is 198 g/mol. The molecule has 86 valence electrons. The largest absolute Gasteiger partial charge is 0.494 e. The fourth-order valence-electron chi connectivity index (χ4n) is 1.28. The molecule has 2 nitrogen and oxygen atoms in total. The Balaban J connectivity index is 2.34. The summed E-state index contributed by atoms with van der Waals surface area (Å²) in [5, 5.41) is 3.30. The molecule has 0 heterocycles. The van der Waals surface area contributed by atoms with E-state index in [4.69, 9.17) is 4.74 Å². The number of hydrogen-bond donors (Lipinski definition) is 1. The standard InChI is InChI=1S/C14H19NO/c1-3-5-6-11-15-13-7-9-14(10-8-13)16-12-4-2/h7-10,15H,4,6,11-12H2,1-2H3. The highest BCUT2D eigenvalue weighted by atomic mass is 16.5. The summed E-state index contributed by atoms with van der Waals surface area (Å²) in [6.45, 7) is 5.62. The molecule has 0 aliphatic heterocycles. The van der Waals surface area contributed by atoms with Gasteiger partial charge in [0, 0.05) is 18.7 Å². The Bertz CT molecular complexity index is 345. The molecule has 0 saturated heterocycles. The van der Waals surface area contributed by atoms with E-state index in [2.05, 4.69) is 24.1 Å². The molecule has 1 aromatic carbocycles. The first-order chi connectivity index (χ1) is 7.86. The second-order valence-electron chi connectivity index (χ2n) is 3.48. The maximum absolute atomic E-state index is 5.50. The first-order valence-corrected chi connectivity index (χ1v) is 5.73. The van der Waals surface area contributed by atoms with Crippen LogP contribution in [0.2, 0.25) is 0 Å². The van der Waals surface area contributed by atoms with Crippen molar-refractivity contribution in [1.82, 2.24) is 0 Å². The van der Waals surface area contributed by atoms with Crippen LogP contribution in [0.1, 0.15) is 26.7 Å². The highest BCUT2D eigenvalue weighted by Crippen LogP contribution is 2.15. The van der Waals surface area contributed by atoms with Crippen LogP contribution >= 0.6 is 0 Å². The number of anilines is 1. The molecule has 0 atom stereocenters. The Hall–Kier alpha value is -1.62. The second-order valence-corrected chi connectivity index (χ2v) is 3.48. The fourth-order valence-corrected chi connectivity index (χ4v) is 1.28. The van der Waals surface area contributed by atoms with Crippen molar-refractivity contribution in [1.29, 1.82) is 0 Å². The topological polar surface area (TPSA) is 21.3 Å². The molecule has 0 fully saturated rings. The molecule has 0 amide bonds. The van der Waals surface area contributed by atoms with Gasteiger partial charge in [0.15, 0.2) is 0 Å². The van der Waals surface area contributed by atoms with Gasteiger partial charge in [0.2, 0.25) is 0 Å². The molecule has 0 aliphatic rings. The summed E-state index contributed by atoms with van der Waals surface area (Å²) in [6, 6.07) is 8.04. The lowest BCUT2D eigenvalue weighted by molar-refractivity contribution is 0.317. The van der Waals surface area contributed by atoms with Crippen LogP contribution in [-0.2, 0) is 0 Å². The Morgan fingerprint density at radius 3 is 2.62 bits per heavy atom. The molecule has 0 spiro atoms. The molecule has 1 aromatic rings. The van der Waals surface area contributed by atoms with Gasteiger partial charge in [-0.05, 0) is 37.6 Å². The van der Waals surface area contributed by atoms with Crippen molar-refractivity contribution in [3.05, 3.63) is 24.3 Å². The summed E-state index contributed by atoms with van der Waals surface area (Å²) in [7, 11) is 0. The van der Waals surface area contributed by atoms with Crippen molar-refractivity contribution in [2.75, 3.05) is 18.5 Å². The quantitative estimate of drug-likeness (QED) is 0.583. The van der Waals surface area contributed by atoms with Gasteiger partial charge in [0.05, 0.1) is 6.61 Å². The van der Waals surface area contributed by atoms with E-state index in [-0.39, 0.29) is 0 Å². The van der Waals surface area contributed by atoms with Crippen molar-refractivity contribution in [2.24, 2.45) is 0 Å². The molecular formula is C14H19NO. The van der Waals surface area contributed by atoms with Crippen LogP contribution in [0, 0.1) is 11.8 Å². The van der Waals surface area contributed by atoms with Crippen LogP contribution in [0.25, 0.3) is 0 Å². The first-order valence-electron chi connectivity index (χ1n) is 5.73. The predicted molar refractivity (Wildman–Crippen MR) is 68.8 cm³/mol. The first kappa shape index (κ1) is 12.4. The van der Waals surface area contributed by atoms with Crippen LogP contribution in [0.3, 0.4) is 0 Å². The van der Waals surface area contributed by atoms with E-state index in [1.807, 2.05) is 31.2 Å². The molecule has 2 heteroatoms. The zero-order chi connectivity index (χ0) is 11.6. The minimum Gasteiger partial charge on any atom is -0.494 e. The minimum atomic E-state index is 0.777. The maximum Gasteiger partial charge on any atom is 0.119 e. The fraction of sp³-hybridized carbons (Fsp3) is 0.429. The summed E-state index contributed by atoms with van der Waals surface area (Å²) < 4.78 is 5.50. The third-order valence-corrected chi connectivity index (χ3v) is 2.08. The van der Waals surface area contributed by atoms with Crippen LogP contribution in [0.5, 0.6) is 5.75 Å². The number of rotatable bonds is 6. The Labute approximate surface area is 98.0 Å². The van der Waals surface area contributed by atoms with Crippen LogP contribution in [-0.4, -0.2) is 13.2 Å². The smallest absolute Gasteiger partial charge is 0.119 e. The third-order valence-electron chi connectivity index (χ3n) is 2.08. The van der Waals surface area contributed by atoms with Gasteiger partial charge in [-0.1, -0.05) is 6.92 Å². The molecule has 0 bridgehead atoms. The number of benzene rings is 1. The Morgan fingerprint density at radius 2 is 2.00 bits per heavy atom. The lowest BCUT2D eigenvalue weighted by Crippen LogP contribution is -2.00. The maximum atomic E-state index is 5.50. The summed E-state index contributed by atoms with van der Waals surface area (Å²) in [5.74, 6) is 6.83. The molecule has 0 radical (unpaired) electrons. The average Bonchev–Trinajstić information content (AvgIpc) is 2.33. The lowest BCUT2D eigenvalue weighted by atomic mass is 10.3. The normalized spacial score (nSPS) is 9.12. The third kappa shape index (κ3) is 4.75. The number of hydrogen-bond acceptors (Lipinski definition) is 2. The van der Waals surface area contributed by atoms with Crippen LogP contribution in [0.4, 0.5) is 5.69 Å². The lowest BCUT2D eigenvalue weighted by Gasteiger charge is -2.07. The molecule has 0 unspecified atom stereocenters. The van der Waals surface area contributed by atoms with Gasteiger partial charge < -0.3 is 10.1 Å². The van der Waals surface area contributed by atoms with Crippen molar-refractivity contribution >= 4 is 5.69 Å². The summed E-state index contributed by atoms with van der Waals surface area (Å²) in [6.07, 6.45) is 1.92. The molecule has 0 aliphatic carbocycles. The SMILES string of the molecule is CC#CCCNc1ccc(OCCC)cc1. The van der Waals surface area contributed by atoms with Crippen molar-refractivity contribution in [2.45, 2.75) is 26.7 Å². The van der Waals surface area contributed by atoms with E-state index in [1.54, 1.807) is 0 Å². The van der Waals surface area contributed by atoms with E-state index in [0.29, 0.717) is 0 Å². The highest BCUT2D eigenvalue weighted by Gasteiger charge is 1.93. The van der Waals surface area contributed by atoms with E-state index in [9.17, 15) is 0 Å². The molecule has 0 saturated carbocycles. The van der Waals surface area contributed by atoms with Gasteiger partial charge in [-0.25, -0.2) is 0 Å². The Kier molecular flexibility index (Phi) is 5.95. The van der Waals surface area contributed by atoms with Gasteiger partial charge in [-0.3, -0.25) is 0 Å². The van der Waals surface area contributed by atoms with E-state index >= 15 is 0 Å². The van der Waals surface area contributed by atoms with Crippen molar-refractivity contribution in [3.8, 4) is 17.6 Å².